The predicted molar refractivity (Wildman–Crippen MR) is 97.2 cm³/mol. The topological polar surface area (TPSA) is 56.8 Å². The third-order valence-corrected chi connectivity index (χ3v) is 5.34. The van der Waals surface area contributed by atoms with Crippen molar-refractivity contribution in [2.75, 3.05) is 44.2 Å². The van der Waals surface area contributed by atoms with Crippen LogP contribution in [-0.4, -0.2) is 65.9 Å². The van der Waals surface area contributed by atoms with Crippen LogP contribution in [0.15, 0.2) is 24.4 Å². The molecule has 0 saturated carbocycles. The van der Waals surface area contributed by atoms with Gasteiger partial charge in [0.2, 0.25) is 11.8 Å². The van der Waals surface area contributed by atoms with Gasteiger partial charge in [0, 0.05) is 58.8 Å². The molecule has 25 heavy (non-hydrogen) atoms. The van der Waals surface area contributed by atoms with Gasteiger partial charge in [0.05, 0.1) is 0 Å². The maximum absolute atomic E-state index is 12.5. The number of rotatable bonds is 4. The van der Waals surface area contributed by atoms with Crippen molar-refractivity contribution in [1.29, 1.82) is 0 Å². The Hall–Kier alpha value is -2.11. The molecule has 2 saturated heterocycles. The summed E-state index contributed by atoms with van der Waals surface area (Å²) in [4.78, 5) is 34.5. The van der Waals surface area contributed by atoms with Crippen LogP contribution in [-0.2, 0) is 9.59 Å². The zero-order valence-corrected chi connectivity index (χ0v) is 15.1. The minimum Gasteiger partial charge on any atom is -0.353 e. The molecule has 1 aromatic rings. The molecule has 3 rings (SSSR count). The molecule has 0 N–H and O–H groups in total. The largest absolute Gasteiger partial charge is 0.353 e. The number of carbonyl (C=O) groups is 2. The van der Waals surface area contributed by atoms with Crippen LogP contribution in [0.1, 0.15) is 32.6 Å². The van der Waals surface area contributed by atoms with Gasteiger partial charge in [-0.2, -0.15) is 0 Å². The molecule has 6 heteroatoms. The molecule has 2 aliphatic heterocycles. The van der Waals surface area contributed by atoms with Crippen LogP contribution in [0.25, 0.3) is 0 Å². The van der Waals surface area contributed by atoms with Gasteiger partial charge in [0.1, 0.15) is 5.82 Å². The number of aromatic nitrogens is 1. The Bertz CT molecular complexity index is 584. The summed E-state index contributed by atoms with van der Waals surface area (Å²) in [5.74, 6) is 1.86. The number of likely N-dealkylation sites (tertiary alicyclic amines) is 1. The number of carbonyl (C=O) groups excluding carboxylic acids is 2. The fourth-order valence-corrected chi connectivity index (χ4v) is 3.80. The van der Waals surface area contributed by atoms with Crippen molar-refractivity contribution in [3.8, 4) is 0 Å². The van der Waals surface area contributed by atoms with Crippen molar-refractivity contribution in [3.05, 3.63) is 24.4 Å². The Labute approximate surface area is 149 Å². The Kier molecular flexibility index (Phi) is 5.89. The molecule has 3 heterocycles. The predicted octanol–water partition coefficient (Wildman–Crippen LogP) is 1.77. The summed E-state index contributed by atoms with van der Waals surface area (Å²) in [7, 11) is 0. The van der Waals surface area contributed by atoms with E-state index in [-0.39, 0.29) is 11.8 Å². The molecule has 6 nitrogen and oxygen atoms in total. The van der Waals surface area contributed by atoms with Crippen LogP contribution >= 0.6 is 0 Å². The van der Waals surface area contributed by atoms with E-state index in [0.29, 0.717) is 12.3 Å². The molecule has 2 aliphatic rings. The van der Waals surface area contributed by atoms with Crippen molar-refractivity contribution in [3.63, 3.8) is 0 Å². The van der Waals surface area contributed by atoms with Gasteiger partial charge in [-0.3, -0.25) is 9.59 Å². The fourth-order valence-electron chi connectivity index (χ4n) is 3.80. The second-order valence-electron chi connectivity index (χ2n) is 7.07. The number of piperazine rings is 1. The average molecular weight is 344 g/mol. The lowest BCUT2D eigenvalue weighted by molar-refractivity contribution is -0.132. The van der Waals surface area contributed by atoms with Gasteiger partial charge in [-0.1, -0.05) is 6.07 Å². The van der Waals surface area contributed by atoms with Gasteiger partial charge in [-0.05, 0) is 37.3 Å². The molecule has 1 aromatic heterocycles. The third kappa shape index (κ3) is 4.71. The zero-order valence-electron chi connectivity index (χ0n) is 15.1. The van der Waals surface area contributed by atoms with Crippen LogP contribution in [0.4, 0.5) is 5.82 Å². The highest BCUT2D eigenvalue weighted by molar-refractivity contribution is 5.76. The van der Waals surface area contributed by atoms with Crippen LogP contribution in [0, 0.1) is 5.92 Å². The Morgan fingerprint density at radius 3 is 2.60 bits per heavy atom. The molecule has 2 fully saturated rings. The quantitative estimate of drug-likeness (QED) is 0.835. The monoisotopic (exact) mass is 344 g/mol. The maximum atomic E-state index is 12.5. The number of piperidine rings is 1. The molecule has 0 unspecified atom stereocenters. The Morgan fingerprint density at radius 1 is 1.12 bits per heavy atom. The van der Waals surface area contributed by atoms with Crippen LogP contribution in [0.5, 0.6) is 0 Å². The van der Waals surface area contributed by atoms with E-state index in [9.17, 15) is 9.59 Å². The van der Waals surface area contributed by atoms with Crippen molar-refractivity contribution in [1.82, 2.24) is 14.8 Å². The summed E-state index contributed by atoms with van der Waals surface area (Å²) in [6.07, 6.45) is 5.48. The molecule has 1 atom stereocenters. The highest BCUT2D eigenvalue weighted by Crippen LogP contribution is 2.22. The number of hydrogen-bond donors (Lipinski definition) is 0. The summed E-state index contributed by atoms with van der Waals surface area (Å²) in [6, 6.07) is 5.93. The van der Waals surface area contributed by atoms with E-state index in [1.54, 1.807) is 13.1 Å². The van der Waals surface area contributed by atoms with Gasteiger partial charge in [0.15, 0.2) is 0 Å². The second-order valence-corrected chi connectivity index (χ2v) is 7.07. The van der Waals surface area contributed by atoms with E-state index >= 15 is 0 Å². The molecular formula is C19H28N4O2. The first-order valence-electron chi connectivity index (χ1n) is 9.33. The molecular weight excluding hydrogens is 316 g/mol. The normalized spacial score (nSPS) is 21.3. The van der Waals surface area contributed by atoms with Gasteiger partial charge in [0.25, 0.3) is 0 Å². The van der Waals surface area contributed by atoms with Crippen molar-refractivity contribution in [2.45, 2.75) is 32.6 Å². The summed E-state index contributed by atoms with van der Waals surface area (Å²) >= 11 is 0. The minimum absolute atomic E-state index is 0.154. The van der Waals surface area contributed by atoms with Crippen LogP contribution in [0.2, 0.25) is 0 Å². The molecule has 2 amide bonds. The lowest BCUT2D eigenvalue weighted by Gasteiger charge is -2.36. The van der Waals surface area contributed by atoms with Crippen LogP contribution < -0.4 is 4.90 Å². The molecule has 0 bridgehead atoms. The number of amides is 2. The molecule has 0 aliphatic carbocycles. The highest BCUT2D eigenvalue weighted by Gasteiger charge is 2.25. The number of pyridine rings is 1. The van der Waals surface area contributed by atoms with Gasteiger partial charge < -0.3 is 14.7 Å². The summed E-state index contributed by atoms with van der Waals surface area (Å²) in [6.45, 7) is 6.52. The number of nitrogens with zero attached hydrogens (tertiary/aromatic N) is 4. The van der Waals surface area contributed by atoms with E-state index in [4.69, 9.17) is 0 Å². The first kappa shape index (κ1) is 17.7. The SMILES string of the molecule is CC(=O)N1CCC[C@@H](CCC(=O)N2CCN(c3ccccn3)CC2)C1. The van der Waals surface area contributed by atoms with Gasteiger partial charge >= 0.3 is 0 Å². The third-order valence-electron chi connectivity index (χ3n) is 5.34. The maximum Gasteiger partial charge on any atom is 0.222 e. The lowest BCUT2D eigenvalue weighted by atomic mass is 9.93. The Morgan fingerprint density at radius 2 is 1.92 bits per heavy atom. The molecule has 0 radical (unpaired) electrons. The van der Waals surface area contributed by atoms with Gasteiger partial charge in [-0.25, -0.2) is 4.98 Å². The summed E-state index contributed by atoms with van der Waals surface area (Å²) in [5.41, 5.74) is 0. The van der Waals surface area contributed by atoms with E-state index in [1.165, 1.54) is 0 Å². The zero-order chi connectivity index (χ0) is 17.6. The van der Waals surface area contributed by atoms with Crippen molar-refractivity contribution < 1.29 is 9.59 Å². The number of hydrogen-bond acceptors (Lipinski definition) is 4. The van der Waals surface area contributed by atoms with E-state index in [1.807, 2.05) is 28.0 Å². The minimum atomic E-state index is 0.154. The second kappa shape index (κ2) is 8.32. The lowest BCUT2D eigenvalue weighted by Crippen LogP contribution is -2.49. The Balaban J connectivity index is 1.41. The molecule has 136 valence electrons. The summed E-state index contributed by atoms with van der Waals surface area (Å²) in [5, 5.41) is 0. The first-order chi connectivity index (χ1) is 12.1. The molecule has 0 aromatic carbocycles. The van der Waals surface area contributed by atoms with Crippen molar-refractivity contribution in [2.24, 2.45) is 5.92 Å². The van der Waals surface area contributed by atoms with E-state index < -0.39 is 0 Å². The smallest absolute Gasteiger partial charge is 0.222 e. The van der Waals surface area contributed by atoms with Crippen molar-refractivity contribution >= 4 is 17.6 Å². The molecule has 0 spiro atoms. The van der Waals surface area contributed by atoms with Crippen LogP contribution in [0.3, 0.4) is 0 Å². The first-order valence-corrected chi connectivity index (χ1v) is 9.33. The van der Waals surface area contributed by atoms with E-state index in [0.717, 1.165) is 64.3 Å². The fraction of sp³-hybridized carbons (Fsp3) is 0.632. The average Bonchev–Trinajstić information content (AvgIpc) is 2.67. The summed E-state index contributed by atoms with van der Waals surface area (Å²) < 4.78 is 0. The number of anilines is 1. The van der Waals surface area contributed by atoms with Gasteiger partial charge in [-0.15, -0.1) is 0 Å². The highest BCUT2D eigenvalue weighted by atomic mass is 16.2. The van der Waals surface area contributed by atoms with E-state index in [2.05, 4.69) is 9.88 Å². The standard InChI is InChI=1S/C19H28N4O2/c1-16(24)23-10-4-5-17(15-23)7-8-19(25)22-13-11-21(12-14-22)18-6-2-3-9-20-18/h2-3,6,9,17H,4-5,7-8,10-15H2,1H3/t17-/m0/s1.